The van der Waals surface area contributed by atoms with Gasteiger partial charge in [-0.3, -0.25) is 19.2 Å². The highest BCUT2D eigenvalue weighted by Crippen LogP contribution is 2.34. The lowest BCUT2D eigenvalue weighted by Crippen LogP contribution is -2.59. The number of aromatic nitrogens is 4. The molecule has 1 saturated heterocycles. The standard InChI is InChI=1S/C31H34ClF3N8O5/c1-4-24-27(41-11-10-40(18(3)44)16-21(41)15-36-25(45)5-2)29(47)43-30(38-28(39-43)19-8-12-48-13-9-19)42(24)17-26(46)37-23-7-6-20(14-22(23)32)31(33,34)35/h5-8,14,21H,2,4,9-13,15-17H2,1,3H3,(H,36,45)(H,37,46). The maximum atomic E-state index is 14.3. The number of carbonyl (C=O) groups excluding carboxylic acids is 3. The van der Waals surface area contributed by atoms with Crippen LogP contribution in [0, 0.1) is 0 Å². The number of carbonyl (C=O) groups is 3. The fraction of sp³-hybridized carbons (Fsp3) is 0.419. The average Bonchev–Trinajstić information content (AvgIpc) is 3.51. The summed E-state index contributed by atoms with van der Waals surface area (Å²) < 4.78 is 47.6. The van der Waals surface area contributed by atoms with E-state index >= 15 is 0 Å². The molecule has 1 aromatic carbocycles. The van der Waals surface area contributed by atoms with Crippen LogP contribution in [0.5, 0.6) is 0 Å². The molecule has 1 unspecified atom stereocenters. The average molecular weight is 691 g/mol. The Bertz CT molecular complexity index is 1850. The molecule has 2 aliphatic rings. The number of hydrogen-bond donors (Lipinski definition) is 2. The molecule has 0 spiro atoms. The van der Waals surface area contributed by atoms with Crippen molar-refractivity contribution < 1.29 is 32.3 Å². The molecule has 0 aliphatic carbocycles. The summed E-state index contributed by atoms with van der Waals surface area (Å²) in [5.41, 5.74) is -0.102. The molecule has 4 heterocycles. The number of piperazine rings is 1. The molecule has 13 nitrogen and oxygen atoms in total. The van der Waals surface area contributed by atoms with Gasteiger partial charge < -0.3 is 29.7 Å². The van der Waals surface area contributed by atoms with Gasteiger partial charge in [-0.1, -0.05) is 31.2 Å². The van der Waals surface area contributed by atoms with Gasteiger partial charge in [-0.25, -0.2) is 0 Å². The summed E-state index contributed by atoms with van der Waals surface area (Å²) in [5.74, 6) is -0.875. The van der Waals surface area contributed by atoms with E-state index in [9.17, 15) is 32.3 Å². The maximum absolute atomic E-state index is 14.3. The molecule has 48 heavy (non-hydrogen) atoms. The molecule has 1 atom stereocenters. The molecule has 3 amide bonds. The van der Waals surface area contributed by atoms with Crippen LogP contribution >= 0.6 is 11.6 Å². The van der Waals surface area contributed by atoms with Crippen molar-refractivity contribution in [2.75, 3.05) is 49.6 Å². The van der Waals surface area contributed by atoms with Gasteiger partial charge in [0, 0.05) is 33.1 Å². The molecule has 17 heteroatoms. The zero-order chi connectivity index (χ0) is 34.7. The van der Waals surface area contributed by atoms with Crippen molar-refractivity contribution in [3.63, 3.8) is 0 Å². The summed E-state index contributed by atoms with van der Waals surface area (Å²) in [5, 5.41) is 9.55. The van der Waals surface area contributed by atoms with Crippen molar-refractivity contribution in [1.29, 1.82) is 0 Å². The third kappa shape index (κ3) is 7.23. The second kappa shape index (κ2) is 14.2. The smallest absolute Gasteiger partial charge is 0.377 e. The fourth-order valence-electron chi connectivity index (χ4n) is 5.79. The SMILES string of the molecule is C=CC(=O)NCC1CN(C(C)=O)CCN1c1c(CC)n(CC(=O)Nc2ccc(C(F)(F)F)cc2Cl)c2nc(C3=CCOCC3)nn2c1=O. The Morgan fingerprint density at radius 2 is 2.00 bits per heavy atom. The van der Waals surface area contributed by atoms with Crippen molar-refractivity contribution in [3.8, 4) is 0 Å². The van der Waals surface area contributed by atoms with Gasteiger partial charge in [-0.2, -0.15) is 22.7 Å². The molecule has 0 radical (unpaired) electrons. The van der Waals surface area contributed by atoms with Gasteiger partial charge in [0.2, 0.25) is 23.5 Å². The molecule has 3 aromatic rings. The largest absolute Gasteiger partial charge is 0.416 e. The summed E-state index contributed by atoms with van der Waals surface area (Å²) in [6, 6.07) is 2.08. The van der Waals surface area contributed by atoms with Crippen LogP contribution in [0.25, 0.3) is 11.4 Å². The molecule has 0 bridgehead atoms. The first-order valence-electron chi connectivity index (χ1n) is 15.2. The van der Waals surface area contributed by atoms with E-state index in [1.165, 1.54) is 11.5 Å². The first-order chi connectivity index (χ1) is 22.8. The lowest BCUT2D eigenvalue weighted by Gasteiger charge is -2.43. The number of halogens is 4. The van der Waals surface area contributed by atoms with Crippen LogP contribution in [-0.4, -0.2) is 87.2 Å². The Balaban J connectivity index is 1.61. The monoisotopic (exact) mass is 690 g/mol. The van der Waals surface area contributed by atoms with E-state index in [4.69, 9.17) is 16.3 Å². The predicted octanol–water partition coefficient (Wildman–Crippen LogP) is 2.91. The lowest BCUT2D eigenvalue weighted by molar-refractivity contribution is -0.137. The number of amides is 3. The molecule has 2 aromatic heterocycles. The van der Waals surface area contributed by atoms with Crippen molar-refractivity contribution in [2.45, 2.75) is 45.5 Å². The van der Waals surface area contributed by atoms with E-state index in [1.807, 2.05) is 6.08 Å². The first kappa shape index (κ1) is 34.6. The Morgan fingerprint density at radius 3 is 2.62 bits per heavy atom. The Kier molecular flexibility index (Phi) is 10.2. The van der Waals surface area contributed by atoms with E-state index in [1.54, 1.807) is 16.7 Å². The van der Waals surface area contributed by atoms with Crippen LogP contribution in [-0.2, 0) is 38.3 Å². The van der Waals surface area contributed by atoms with Gasteiger partial charge in [0.05, 0.1) is 41.2 Å². The van der Waals surface area contributed by atoms with Crippen LogP contribution < -0.4 is 21.1 Å². The normalized spacial score (nSPS) is 16.9. The summed E-state index contributed by atoms with van der Waals surface area (Å²) in [4.78, 5) is 60.3. The Hall–Kier alpha value is -4.70. The summed E-state index contributed by atoms with van der Waals surface area (Å²) in [6.07, 6.45) is -0.923. The number of alkyl halides is 3. The highest BCUT2D eigenvalue weighted by molar-refractivity contribution is 6.33. The quantitative estimate of drug-likeness (QED) is 0.327. The van der Waals surface area contributed by atoms with Gasteiger partial charge >= 0.3 is 6.18 Å². The van der Waals surface area contributed by atoms with Gasteiger partial charge in [-0.05, 0) is 42.7 Å². The van der Waals surface area contributed by atoms with Crippen molar-refractivity contribution in [2.24, 2.45) is 0 Å². The van der Waals surface area contributed by atoms with E-state index < -0.39 is 41.7 Å². The van der Waals surface area contributed by atoms with Crippen LogP contribution in [0.2, 0.25) is 5.02 Å². The van der Waals surface area contributed by atoms with Crippen LogP contribution in [0.4, 0.5) is 24.5 Å². The Morgan fingerprint density at radius 1 is 1.23 bits per heavy atom. The molecule has 0 saturated carbocycles. The minimum atomic E-state index is -4.62. The van der Waals surface area contributed by atoms with E-state index in [0.717, 1.165) is 34.4 Å². The number of benzene rings is 1. The molecular formula is C31H34ClF3N8O5. The number of anilines is 2. The summed E-state index contributed by atoms with van der Waals surface area (Å²) in [7, 11) is 0. The number of rotatable bonds is 9. The maximum Gasteiger partial charge on any atom is 0.416 e. The molecular weight excluding hydrogens is 657 g/mol. The van der Waals surface area contributed by atoms with Crippen molar-refractivity contribution >= 4 is 52.0 Å². The highest BCUT2D eigenvalue weighted by Gasteiger charge is 2.34. The van der Waals surface area contributed by atoms with Crippen LogP contribution in [0.15, 0.2) is 41.7 Å². The van der Waals surface area contributed by atoms with E-state index in [-0.39, 0.29) is 60.0 Å². The third-order valence-corrected chi connectivity index (χ3v) is 8.51. The molecule has 1 fully saturated rings. The van der Waals surface area contributed by atoms with Gasteiger partial charge in [-0.15, -0.1) is 5.10 Å². The predicted molar refractivity (Wildman–Crippen MR) is 172 cm³/mol. The number of fused-ring (bicyclic) bond motifs is 1. The molecule has 2 N–H and O–H groups in total. The lowest BCUT2D eigenvalue weighted by atomic mass is 10.1. The minimum Gasteiger partial charge on any atom is -0.377 e. The molecule has 256 valence electrons. The molecule has 5 rings (SSSR count). The van der Waals surface area contributed by atoms with E-state index in [2.05, 4.69) is 27.3 Å². The van der Waals surface area contributed by atoms with E-state index in [0.29, 0.717) is 31.9 Å². The van der Waals surface area contributed by atoms with Gasteiger partial charge in [0.15, 0.2) is 5.82 Å². The highest BCUT2D eigenvalue weighted by atomic mass is 35.5. The third-order valence-electron chi connectivity index (χ3n) is 8.20. The van der Waals surface area contributed by atoms with Gasteiger partial charge in [0.25, 0.3) is 5.56 Å². The molecule has 2 aliphatic heterocycles. The number of hydrogen-bond acceptors (Lipinski definition) is 8. The van der Waals surface area contributed by atoms with Crippen LogP contribution in [0.1, 0.15) is 37.4 Å². The van der Waals surface area contributed by atoms with Crippen LogP contribution in [0.3, 0.4) is 0 Å². The second-order valence-corrected chi connectivity index (χ2v) is 11.7. The summed E-state index contributed by atoms with van der Waals surface area (Å²) >= 11 is 6.11. The number of nitrogens with zero attached hydrogens (tertiary/aromatic N) is 6. The second-order valence-electron chi connectivity index (χ2n) is 11.2. The summed E-state index contributed by atoms with van der Waals surface area (Å²) in [6.45, 7) is 7.92. The number of nitrogens with one attached hydrogen (secondary N) is 2. The Labute approximate surface area is 278 Å². The topological polar surface area (TPSA) is 143 Å². The minimum absolute atomic E-state index is 0.0297. The number of ether oxygens (including phenoxy) is 1. The first-order valence-corrected chi connectivity index (χ1v) is 15.6. The zero-order valence-electron chi connectivity index (χ0n) is 26.3. The van der Waals surface area contributed by atoms with Crippen molar-refractivity contribution in [1.82, 2.24) is 29.4 Å². The zero-order valence-corrected chi connectivity index (χ0v) is 27.0. The van der Waals surface area contributed by atoms with Gasteiger partial charge in [0.1, 0.15) is 12.2 Å². The van der Waals surface area contributed by atoms with Crippen molar-refractivity contribution in [3.05, 3.63) is 69.4 Å². The fourth-order valence-corrected chi connectivity index (χ4v) is 6.02.